The summed E-state index contributed by atoms with van der Waals surface area (Å²) in [5, 5.41) is 29.0. The molecule has 3 N–H and O–H groups in total. The molecule has 0 radical (unpaired) electrons. The Labute approximate surface area is 117 Å². The van der Waals surface area contributed by atoms with Gasteiger partial charge in [-0.05, 0) is 37.1 Å². The Morgan fingerprint density at radius 2 is 2.10 bits per heavy atom. The van der Waals surface area contributed by atoms with Crippen LogP contribution in [0.25, 0.3) is 0 Å². The molecule has 110 valence electrons. The summed E-state index contributed by atoms with van der Waals surface area (Å²) in [7, 11) is 0. The molecule has 0 aromatic rings. The Kier molecular flexibility index (Phi) is 4.68. The molecule has 0 bridgehead atoms. The van der Waals surface area contributed by atoms with Crippen LogP contribution < -0.4 is 0 Å². The molecule has 0 saturated heterocycles. The highest BCUT2D eigenvalue weighted by Gasteiger charge is 2.49. The van der Waals surface area contributed by atoms with Gasteiger partial charge in [-0.1, -0.05) is 13.0 Å². The van der Waals surface area contributed by atoms with Gasteiger partial charge >= 0.3 is 5.97 Å². The number of carbonyl (C=O) groups is 2. The summed E-state index contributed by atoms with van der Waals surface area (Å²) in [6.45, 7) is 4.48. The number of aliphatic hydroxyl groups is 2. The molecule has 0 spiro atoms. The lowest BCUT2D eigenvalue weighted by atomic mass is 9.64. The molecule has 1 aliphatic rings. The third-order valence-corrected chi connectivity index (χ3v) is 3.75. The SMILES string of the molecule is CC1=CC(=O)C[C@](C)(CO)[C@]1(O)/C=C/C(C)=C\C(=O)O. The Balaban J connectivity index is 3.22. The normalized spacial score (nSPS) is 31.6. The highest BCUT2D eigenvalue weighted by atomic mass is 16.4. The van der Waals surface area contributed by atoms with Crippen LogP contribution in [0.5, 0.6) is 0 Å². The van der Waals surface area contributed by atoms with Gasteiger partial charge in [0.05, 0.1) is 6.61 Å². The molecule has 0 aromatic heterocycles. The van der Waals surface area contributed by atoms with Gasteiger partial charge < -0.3 is 15.3 Å². The molecule has 1 rings (SSSR count). The summed E-state index contributed by atoms with van der Waals surface area (Å²) in [6.07, 6.45) is 5.33. The standard InChI is InChI=1S/C15H20O5/c1-10(6-13(18)19)4-5-15(20)11(2)7-12(17)8-14(15,3)9-16/h4-7,16,20H,8-9H2,1-3H3,(H,18,19)/b5-4+,10-6-/t14-,15+/m1/s1. The largest absolute Gasteiger partial charge is 0.478 e. The first-order chi connectivity index (χ1) is 9.14. The second-order valence-electron chi connectivity index (χ2n) is 5.52. The number of hydrogen-bond acceptors (Lipinski definition) is 4. The second kappa shape index (κ2) is 5.73. The van der Waals surface area contributed by atoms with Gasteiger partial charge in [-0.15, -0.1) is 0 Å². The Bertz CT molecular complexity index is 514. The number of hydrogen-bond donors (Lipinski definition) is 3. The first-order valence-corrected chi connectivity index (χ1v) is 6.30. The molecule has 0 heterocycles. The minimum atomic E-state index is -1.48. The van der Waals surface area contributed by atoms with Crippen molar-refractivity contribution in [3.63, 3.8) is 0 Å². The predicted octanol–water partition coefficient (Wildman–Crippen LogP) is 1.22. The van der Waals surface area contributed by atoms with E-state index in [4.69, 9.17) is 5.11 Å². The molecule has 5 nitrogen and oxygen atoms in total. The topological polar surface area (TPSA) is 94.8 Å². The number of carbonyl (C=O) groups excluding carboxylic acids is 1. The zero-order valence-corrected chi connectivity index (χ0v) is 11.9. The number of aliphatic carboxylic acids is 1. The molecule has 0 unspecified atom stereocenters. The maximum atomic E-state index is 11.6. The smallest absolute Gasteiger partial charge is 0.328 e. The highest BCUT2D eigenvalue weighted by Crippen LogP contribution is 2.44. The molecular formula is C15H20O5. The van der Waals surface area contributed by atoms with Crippen LogP contribution in [0, 0.1) is 5.41 Å². The van der Waals surface area contributed by atoms with Crippen LogP contribution in [0.2, 0.25) is 0 Å². The zero-order chi connectivity index (χ0) is 15.6. The zero-order valence-electron chi connectivity index (χ0n) is 11.9. The van der Waals surface area contributed by atoms with Crippen molar-refractivity contribution in [3.8, 4) is 0 Å². The molecule has 20 heavy (non-hydrogen) atoms. The van der Waals surface area contributed by atoms with E-state index >= 15 is 0 Å². The average Bonchev–Trinajstić information content (AvgIpc) is 2.33. The highest BCUT2D eigenvalue weighted by molar-refractivity contribution is 5.93. The second-order valence-corrected chi connectivity index (χ2v) is 5.52. The summed E-state index contributed by atoms with van der Waals surface area (Å²) in [4.78, 5) is 22.2. The number of rotatable bonds is 4. The average molecular weight is 280 g/mol. The Morgan fingerprint density at radius 3 is 2.60 bits per heavy atom. The summed E-state index contributed by atoms with van der Waals surface area (Å²) in [5.74, 6) is -1.22. The molecule has 0 aromatic carbocycles. The summed E-state index contributed by atoms with van der Waals surface area (Å²) in [5.41, 5.74) is -1.62. The molecule has 2 atom stereocenters. The lowest BCUT2D eigenvalue weighted by molar-refractivity contribution is -0.131. The molecule has 1 aliphatic carbocycles. The van der Waals surface area contributed by atoms with Gasteiger partial charge in [0.25, 0.3) is 0 Å². The van der Waals surface area contributed by atoms with Crippen molar-refractivity contribution in [1.29, 1.82) is 0 Å². The monoisotopic (exact) mass is 280 g/mol. The molecule has 0 aliphatic heterocycles. The molecule has 0 saturated carbocycles. The van der Waals surface area contributed by atoms with Crippen LogP contribution in [-0.4, -0.2) is 39.3 Å². The maximum Gasteiger partial charge on any atom is 0.328 e. The van der Waals surface area contributed by atoms with Crippen molar-refractivity contribution in [2.24, 2.45) is 5.41 Å². The molecular weight excluding hydrogens is 260 g/mol. The Hall–Kier alpha value is -1.72. The maximum absolute atomic E-state index is 11.6. The Morgan fingerprint density at radius 1 is 1.50 bits per heavy atom. The van der Waals surface area contributed by atoms with Crippen LogP contribution in [0.1, 0.15) is 27.2 Å². The fourth-order valence-corrected chi connectivity index (χ4v) is 2.40. The van der Waals surface area contributed by atoms with Crippen LogP contribution in [-0.2, 0) is 9.59 Å². The van der Waals surface area contributed by atoms with Gasteiger partial charge in [0.1, 0.15) is 5.60 Å². The van der Waals surface area contributed by atoms with Gasteiger partial charge in [-0.25, -0.2) is 4.79 Å². The van der Waals surface area contributed by atoms with Crippen molar-refractivity contribution < 1.29 is 24.9 Å². The van der Waals surface area contributed by atoms with Gasteiger partial charge in [-0.3, -0.25) is 4.79 Å². The quantitative estimate of drug-likeness (QED) is 0.531. The lowest BCUT2D eigenvalue weighted by Crippen LogP contribution is -2.52. The minimum Gasteiger partial charge on any atom is -0.478 e. The van der Waals surface area contributed by atoms with E-state index in [-0.39, 0.29) is 18.8 Å². The number of aliphatic hydroxyl groups excluding tert-OH is 1. The van der Waals surface area contributed by atoms with E-state index in [1.165, 1.54) is 18.2 Å². The van der Waals surface area contributed by atoms with Gasteiger partial charge in [-0.2, -0.15) is 0 Å². The third kappa shape index (κ3) is 3.05. The summed E-state index contributed by atoms with van der Waals surface area (Å²) in [6, 6.07) is 0. The first-order valence-electron chi connectivity index (χ1n) is 6.30. The van der Waals surface area contributed by atoms with Gasteiger partial charge in [0.2, 0.25) is 0 Å². The lowest BCUT2D eigenvalue weighted by Gasteiger charge is -2.45. The fraction of sp³-hybridized carbons (Fsp3) is 0.467. The van der Waals surface area contributed by atoms with Crippen LogP contribution in [0.3, 0.4) is 0 Å². The number of carboxylic acid groups (broad SMARTS) is 1. The van der Waals surface area contributed by atoms with Crippen molar-refractivity contribution in [1.82, 2.24) is 0 Å². The molecule has 0 fully saturated rings. The summed E-state index contributed by atoms with van der Waals surface area (Å²) < 4.78 is 0. The van der Waals surface area contributed by atoms with Gasteiger partial charge in [0.15, 0.2) is 5.78 Å². The number of carboxylic acids is 1. The van der Waals surface area contributed by atoms with Crippen LogP contribution in [0.4, 0.5) is 0 Å². The van der Waals surface area contributed by atoms with Crippen LogP contribution in [0.15, 0.2) is 35.5 Å². The first kappa shape index (κ1) is 16.3. The fourth-order valence-electron chi connectivity index (χ4n) is 2.40. The predicted molar refractivity (Wildman–Crippen MR) is 74.1 cm³/mol. The molecule has 5 heteroatoms. The third-order valence-electron chi connectivity index (χ3n) is 3.75. The van der Waals surface area contributed by atoms with Crippen molar-refractivity contribution >= 4 is 11.8 Å². The van der Waals surface area contributed by atoms with E-state index in [1.807, 2.05) is 0 Å². The minimum absolute atomic E-state index is 0.0311. The van der Waals surface area contributed by atoms with Crippen LogP contribution >= 0.6 is 0 Å². The van der Waals surface area contributed by atoms with E-state index in [2.05, 4.69) is 0 Å². The van der Waals surface area contributed by atoms with E-state index in [0.29, 0.717) is 11.1 Å². The van der Waals surface area contributed by atoms with Crippen molar-refractivity contribution in [3.05, 3.63) is 35.5 Å². The van der Waals surface area contributed by atoms with E-state index in [9.17, 15) is 19.8 Å². The number of ketones is 1. The van der Waals surface area contributed by atoms with E-state index < -0.39 is 17.0 Å². The van der Waals surface area contributed by atoms with E-state index in [1.54, 1.807) is 20.8 Å². The summed E-state index contributed by atoms with van der Waals surface area (Å²) >= 11 is 0. The number of allylic oxidation sites excluding steroid dienone is 3. The molecule has 0 amide bonds. The van der Waals surface area contributed by atoms with Gasteiger partial charge in [0, 0.05) is 17.9 Å². The van der Waals surface area contributed by atoms with Crippen molar-refractivity contribution in [2.75, 3.05) is 6.61 Å². The van der Waals surface area contributed by atoms with E-state index in [0.717, 1.165) is 6.08 Å². The van der Waals surface area contributed by atoms with Crippen molar-refractivity contribution in [2.45, 2.75) is 32.8 Å².